The first kappa shape index (κ1) is 16.5. The van der Waals surface area contributed by atoms with Crippen LogP contribution in [-0.4, -0.2) is 23.5 Å². The van der Waals surface area contributed by atoms with Crippen LogP contribution in [-0.2, 0) is 9.59 Å². The van der Waals surface area contributed by atoms with Gasteiger partial charge in [0.25, 0.3) is 0 Å². The van der Waals surface area contributed by atoms with Crippen molar-refractivity contribution in [1.82, 2.24) is 0 Å². The number of aliphatic carboxylic acids is 1. The predicted molar refractivity (Wildman–Crippen MR) is 80.1 cm³/mol. The third-order valence-electron chi connectivity index (χ3n) is 2.88. The first-order valence-corrected chi connectivity index (χ1v) is 6.97. The summed E-state index contributed by atoms with van der Waals surface area (Å²) < 4.78 is 0. The molecule has 0 fully saturated rings. The van der Waals surface area contributed by atoms with Crippen LogP contribution in [0.1, 0.15) is 27.2 Å². The fraction of sp³-hybridized carbons (Fsp3) is 0.467. The molecule has 0 radical (unpaired) electrons. The third-order valence-corrected chi connectivity index (χ3v) is 3.12. The maximum atomic E-state index is 12.3. The summed E-state index contributed by atoms with van der Waals surface area (Å²) in [5.74, 6) is -1.43. The van der Waals surface area contributed by atoms with E-state index < -0.39 is 11.9 Å². The number of carbonyl (C=O) groups excluding carboxylic acids is 1. The average Bonchev–Trinajstić information content (AvgIpc) is 2.34. The van der Waals surface area contributed by atoms with Crippen LogP contribution in [0.4, 0.5) is 5.69 Å². The van der Waals surface area contributed by atoms with Crippen LogP contribution in [0, 0.1) is 11.8 Å². The molecule has 1 atom stereocenters. The molecule has 1 amide bonds. The molecule has 110 valence electrons. The summed E-state index contributed by atoms with van der Waals surface area (Å²) in [4.78, 5) is 24.8. The molecule has 1 aromatic rings. The fourth-order valence-electron chi connectivity index (χ4n) is 1.81. The van der Waals surface area contributed by atoms with E-state index in [1.54, 1.807) is 31.2 Å². The zero-order chi connectivity index (χ0) is 15.3. The van der Waals surface area contributed by atoms with Crippen LogP contribution in [0.25, 0.3) is 0 Å². The lowest BCUT2D eigenvalue weighted by molar-refractivity contribution is -0.140. The summed E-state index contributed by atoms with van der Waals surface area (Å²) in [5.41, 5.74) is 0.635. The number of hydrogen-bond acceptors (Lipinski definition) is 2. The van der Waals surface area contributed by atoms with Crippen LogP contribution in [0.3, 0.4) is 0 Å². The summed E-state index contributed by atoms with van der Waals surface area (Å²) in [7, 11) is 0. The summed E-state index contributed by atoms with van der Waals surface area (Å²) in [6, 6.07) is 6.91. The Morgan fingerprint density at radius 2 is 1.95 bits per heavy atom. The molecule has 0 aliphatic rings. The molecule has 20 heavy (non-hydrogen) atoms. The smallest absolute Gasteiger partial charge is 0.308 e. The van der Waals surface area contributed by atoms with Gasteiger partial charge in [-0.3, -0.25) is 9.59 Å². The van der Waals surface area contributed by atoms with E-state index in [9.17, 15) is 9.59 Å². The van der Waals surface area contributed by atoms with Gasteiger partial charge in [-0.1, -0.05) is 38.4 Å². The van der Waals surface area contributed by atoms with E-state index in [0.717, 1.165) is 0 Å². The number of nitrogens with zero attached hydrogens (tertiary/aromatic N) is 1. The van der Waals surface area contributed by atoms with E-state index in [1.807, 2.05) is 13.8 Å². The van der Waals surface area contributed by atoms with Crippen molar-refractivity contribution >= 4 is 29.2 Å². The van der Waals surface area contributed by atoms with E-state index in [2.05, 4.69) is 0 Å². The molecule has 0 aromatic heterocycles. The number of halogens is 1. The summed E-state index contributed by atoms with van der Waals surface area (Å²) >= 11 is 5.94. The van der Waals surface area contributed by atoms with Crippen molar-refractivity contribution in [2.45, 2.75) is 27.2 Å². The van der Waals surface area contributed by atoms with Gasteiger partial charge in [-0.05, 0) is 24.1 Å². The maximum Gasteiger partial charge on any atom is 0.308 e. The van der Waals surface area contributed by atoms with Crippen LogP contribution in [0.5, 0.6) is 0 Å². The Balaban J connectivity index is 3.00. The van der Waals surface area contributed by atoms with E-state index in [-0.39, 0.29) is 18.4 Å². The van der Waals surface area contributed by atoms with Crippen molar-refractivity contribution in [3.63, 3.8) is 0 Å². The van der Waals surface area contributed by atoms with Gasteiger partial charge in [0.2, 0.25) is 5.91 Å². The predicted octanol–water partition coefficient (Wildman–Crippen LogP) is 3.44. The van der Waals surface area contributed by atoms with Gasteiger partial charge in [0, 0.05) is 23.7 Å². The molecule has 1 rings (SSSR count). The minimum Gasteiger partial charge on any atom is -0.481 e. The zero-order valence-corrected chi connectivity index (χ0v) is 12.7. The molecule has 0 heterocycles. The van der Waals surface area contributed by atoms with E-state index in [4.69, 9.17) is 16.7 Å². The highest BCUT2D eigenvalue weighted by atomic mass is 35.5. The van der Waals surface area contributed by atoms with Crippen molar-refractivity contribution in [3.05, 3.63) is 29.3 Å². The van der Waals surface area contributed by atoms with Crippen molar-refractivity contribution in [2.24, 2.45) is 11.8 Å². The van der Waals surface area contributed by atoms with E-state index in [1.165, 1.54) is 4.90 Å². The SMILES string of the molecule is CC(C)CC(=O)N(CC(C)C(=O)O)c1cccc(Cl)c1. The summed E-state index contributed by atoms with van der Waals surface area (Å²) in [6.45, 7) is 5.63. The number of benzene rings is 1. The number of amides is 1. The molecule has 4 nitrogen and oxygen atoms in total. The Kier molecular flexibility index (Phi) is 6.02. The Hall–Kier alpha value is -1.55. The summed E-state index contributed by atoms with van der Waals surface area (Å²) in [6.07, 6.45) is 0.374. The molecule has 1 unspecified atom stereocenters. The number of carboxylic acid groups (broad SMARTS) is 1. The molecule has 0 aliphatic carbocycles. The Labute approximate surface area is 124 Å². The van der Waals surface area contributed by atoms with Crippen molar-refractivity contribution in [3.8, 4) is 0 Å². The molecule has 0 bridgehead atoms. The Morgan fingerprint density at radius 3 is 2.45 bits per heavy atom. The number of carbonyl (C=O) groups is 2. The maximum absolute atomic E-state index is 12.3. The minimum atomic E-state index is -0.922. The highest BCUT2D eigenvalue weighted by molar-refractivity contribution is 6.30. The van der Waals surface area contributed by atoms with Crippen LogP contribution < -0.4 is 4.90 Å². The topological polar surface area (TPSA) is 57.6 Å². The lowest BCUT2D eigenvalue weighted by atomic mass is 10.1. The van der Waals surface area contributed by atoms with Crippen LogP contribution in [0.2, 0.25) is 5.02 Å². The minimum absolute atomic E-state index is 0.0876. The highest BCUT2D eigenvalue weighted by Crippen LogP contribution is 2.22. The largest absolute Gasteiger partial charge is 0.481 e. The first-order chi connectivity index (χ1) is 9.31. The lowest BCUT2D eigenvalue weighted by Crippen LogP contribution is -2.37. The van der Waals surface area contributed by atoms with Crippen molar-refractivity contribution in [2.75, 3.05) is 11.4 Å². The van der Waals surface area contributed by atoms with Gasteiger partial charge in [0.1, 0.15) is 0 Å². The molecule has 0 saturated heterocycles. The average molecular weight is 298 g/mol. The second kappa shape index (κ2) is 7.29. The molecule has 1 aromatic carbocycles. The quantitative estimate of drug-likeness (QED) is 0.875. The van der Waals surface area contributed by atoms with Gasteiger partial charge >= 0.3 is 5.97 Å². The molecule has 5 heteroatoms. The van der Waals surface area contributed by atoms with Crippen molar-refractivity contribution < 1.29 is 14.7 Å². The van der Waals surface area contributed by atoms with Gasteiger partial charge in [-0.15, -0.1) is 0 Å². The van der Waals surface area contributed by atoms with Gasteiger partial charge in [0.05, 0.1) is 5.92 Å². The van der Waals surface area contributed by atoms with Gasteiger partial charge < -0.3 is 10.0 Å². The standard InChI is InChI=1S/C15H20ClNO3/c1-10(2)7-14(18)17(9-11(3)15(19)20)13-6-4-5-12(16)8-13/h4-6,8,10-11H,7,9H2,1-3H3,(H,19,20). The van der Waals surface area contributed by atoms with Crippen LogP contribution in [0.15, 0.2) is 24.3 Å². The first-order valence-electron chi connectivity index (χ1n) is 6.60. The second-order valence-electron chi connectivity index (χ2n) is 5.32. The normalized spacial score (nSPS) is 12.2. The molecule has 1 N–H and O–H groups in total. The third kappa shape index (κ3) is 4.85. The lowest BCUT2D eigenvalue weighted by Gasteiger charge is -2.25. The molecule has 0 spiro atoms. The Morgan fingerprint density at radius 1 is 1.30 bits per heavy atom. The van der Waals surface area contributed by atoms with Crippen molar-refractivity contribution in [1.29, 1.82) is 0 Å². The molecule has 0 saturated carbocycles. The zero-order valence-electron chi connectivity index (χ0n) is 12.0. The van der Waals surface area contributed by atoms with Gasteiger partial charge in [-0.2, -0.15) is 0 Å². The number of hydrogen-bond donors (Lipinski definition) is 1. The highest BCUT2D eigenvalue weighted by Gasteiger charge is 2.22. The van der Waals surface area contributed by atoms with Gasteiger partial charge in [0.15, 0.2) is 0 Å². The molecular weight excluding hydrogens is 278 g/mol. The number of rotatable bonds is 6. The monoisotopic (exact) mass is 297 g/mol. The van der Waals surface area contributed by atoms with Gasteiger partial charge in [-0.25, -0.2) is 0 Å². The Bertz CT molecular complexity index is 488. The molecular formula is C15H20ClNO3. The van der Waals surface area contributed by atoms with E-state index in [0.29, 0.717) is 17.1 Å². The van der Waals surface area contributed by atoms with Crippen LogP contribution >= 0.6 is 11.6 Å². The molecule has 0 aliphatic heterocycles. The summed E-state index contributed by atoms with van der Waals surface area (Å²) in [5, 5.41) is 9.55. The van der Waals surface area contributed by atoms with E-state index >= 15 is 0 Å². The number of anilines is 1. The second-order valence-corrected chi connectivity index (χ2v) is 5.76. The number of carboxylic acids is 1. The fourth-order valence-corrected chi connectivity index (χ4v) is 1.99.